The molecule has 3 rings (SSSR count). The molecule has 0 spiro atoms. The van der Waals surface area contributed by atoms with Gasteiger partial charge in [0.1, 0.15) is 5.75 Å². The zero-order chi connectivity index (χ0) is 31.6. The van der Waals surface area contributed by atoms with E-state index >= 15 is 0 Å². The lowest BCUT2D eigenvalue weighted by atomic mass is 10.1. The van der Waals surface area contributed by atoms with E-state index in [0.29, 0.717) is 55.5 Å². The number of aliphatic hydroxyl groups excluding tert-OH is 2. The SMILES string of the molecule is CC(=O)ON(C(=O)Nc1ccccc1)c1ccc(COCCOCCCCCCNC[C@@H](O)c2ccc(O)c(CO)c2)cc1. The zero-order valence-electron chi connectivity index (χ0n) is 25.1. The number of urea groups is 1. The van der Waals surface area contributed by atoms with Crippen LogP contribution in [-0.4, -0.2) is 60.2 Å². The largest absolute Gasteiger partial charge is 0.508 e. The first-order valence-corrected chi connectivity index (χ1v) is 14.8. The van der Waals surface area contributed by atoms with Crippen LogP contribution in [0, 0.1) is 0 Å². The van der Waals surface area contributed by atoms with Crippen molar-refractivity contribution < 1.29 is 39.2 Å². The van der Waals surface area contributed by atoms with Gasteiger partial charge in [-0.25, -0.2) is 9.59 Å². The normalized spacial score (nSPS) is 11.6. The molecule has 0 aromatic heterocycles. The highest BCUT2D eigenvalue weighted by atomic mass is 16.7. The predicted molar refractivity (Wildman–Crippen MR) is 167 cm³/mol. The van der Waals surface area contributed by atoms with Gasteiger partial charge in [-0.15, -0.1) is 5.06 Å². The summed E-state index contributed by atoms with van der Waals surface area (Å²) in [5.41, 5.74) is 2.94. The van der Waals surface area contributed by atoms with Crippen molar-refractivity contribution in [2.75, 3.05) is 43.3 Å². The Labute approximate surface area is 258 Å². The van der Waals surface area contributed by atoms with Gasteiger partial charge in [0.05, 0.1) is 38.2 Å². The lowest BCUT2D eigenvalue weighted by molar-refractivity contribution is -0.141. The van der Waals surface area contributed by atoms with Crippen LogP contribution in [0.2, 0.25) is 0 Å². The number of para-hydroxylation sites is 1. The summed E-state index contributed by atoms with van der Waals surface area (Å²) in [5, 5.41) is 36.0. The van der Waals surface area contributed by atoms with Crippen LogP contribution in [-0.2, 0) is 32.3 Å². The molecular weight excluding hydrogens is 566 g/mol. The Morgan fingerprint density at radius 3 is 2.34 bits per heavy atom. The van der Waals surface area contributed by atoms with Crippen molar-refractivity contribution in [3.05, 3.63) is 89.5 Å². The third-order valence-corrected chi connectivity index (χ3v) is 6.63. The summed E-state index contributed by atoms with van der Waals surface area (Å²) in [7, 11) is 0. The number of nitrogens with one attached hydrogen (secondary N) is 2. The van der Waals surface area contributed by atoms with Gasteiger partial charge in [0.2, 0.25) is 0 Å². The minimum absolute atomic E-state index is 0.0229. The number of hydrogen-bond donors (Lipinski definition) is 5. The molecule has 3 aromatic carbocycles. The molecule has 44 heavy (non-hydrogen) atoms. The molecule has 0 aliphatic carbocycles. The number of unbranched alkanes of at least 4 members (excludes halogenated alkanes) is 3. The van der Waals surface area contributed by atoms with Gasteiger partial charge in [-0.3, -0.25) is 0 Å². The minimum atomic E-state index is -0.702. The van der Waals surface area contributed by atoms with Crippen LogP contribution < -0.4 is 15.7 Å². The van der Waals surface area contributed by atoms with Crippen LogP contribution in [0.15, 0.2) is 72.8 Å². The highest BCUT2D eigenvalue weighted by molar-refractivity contribution is 6.01. The molecule has 1 atom stereocenters. The second-order valence-electron chi connectivity index (χ2n) is 10.2. The maximum absolute atomic E-state index is 12.7. The second kappa shape index (κ2) is 19.3. The predicted octanol–water partition coefficient (Wildman–Crippen LogP) is 4.82. The number of benzene rings is 3. The van der Waals surface area contributed by atoms with E-state index in [1.807, 2.05) is 6.07 Å². The van der Waals surface area contributed by atoms with Gasteiger partial charge in [0.15, 0.2) is 0 Å². The molecule has 0 radical (unpaired) electrons. The van der Waals surface area contributed by atoms with Gasteiger partial charge in [0, 0.05) is 31.3 Å². The lowest BCUT2D eigenvalue weighted by Gasteiger charge is -2.21. The van der Waals surface area contributed by atoms with E-state index in [1.165, 1.54) is 13.0 Å². The number of hydrogen-bond acceptors (Lipinski definition) is 9. The van der Waals surface area contributed by atoms with Crippen LogP contribution in [0.25, 0.3) is 0 Å². The first-order chi connectivity index (χ1) is 21.4. The quantitative estimate of drug-likeness (QED) is 0.101. The van der Waals surface area contributed by atoms with Gasteiger partial charge < -0.3 is 40.3 Å². The van der Waals surface area contributed by atoms with E-state index in [4.69, 9.17) is 14.3 Å². The van der Waals surface area contributed by atoms with Crippen LogP contribution in [0.3, 0.4) is 0 Å². The molecular formula is C33H43N3O8. The Hall–Kier alpha value is -4.00. The van der Waals surface area contributed by atoms with E-state index in [0.717, 1.165) is 42.9 Å². The van der Waals surface area contributed by atoms with Gasteiger partial charge in [-0.05, 0) is 66.9 Å². The smallest absolute Gasteiger partial charge is 0.359 e. The molecule has 2 amide bonds. The summed E-state index contributed by atoms with van der Waals surface area (Å²) >= 11 is 0. The third-order valence-electron chi connectivity index (χ3n) is 6.63. The third kappa shape index (κ3) is 12.3. The standard InChI is InChI=1S/C33H43N3O8/c1-25(38)44-36(33(41)35-29-9-5-4-6-10-29)30-14-11-26(12-15-30)24-43-20-19-42-18-8-3-2-7-17-34-22-32(40)27-13-16-31(39)28(21-27)23-37/h4-6,9-16,21,32,34,37,39-40H,2-3,7-8,17-20,22-24H2,1H3,(H,35,41)/t32-/m1/s1. The average molecular weight is 610 g/mol. The fraction of sp³-hybridized carbons (Fsp3) is 0.394. The molecule has 0 aliphatic rings. The van der Waals surface area contributed by atoms with E-state index < -0.39 is 18.1 Å². The molecule has 3 aromatic rings. The molecule has 11 heteroatoms. The van der Waals surface area contributed by atoms with Gasteiger partial charge in [-0.1, -0.05) is 49.2 Å². The van der Waals surface area contributed by atoms with Crippen molar-refractivity contribution in [1.29, 1.82) is 0 Å². The molecule has 11 nitrogen and oxygen atoms in total. The molecule has 0 fully saturated rings. The van der Waals surface area contributed by atoms with Crippen molar-refractivity contribution in [3.63, 3.8) is 0 Å². The van der Waals surface area contributed by atoms with E-state index in [9.17, 15) is 24.9 Å². The topological polar surface area (TPSA) is 150 Å². The van der Waals surface area contributed by atoms with Crippen molar-refractivity contribution in [2.24, 2.45) is 0 Å². The fourth-order valence-electron chi connectivity index (χ4n) is 4.28. The Morgan fingerprint density at radius 1 is 0.886 bits per heavy atom. The average Bonchev–Trinajstić information content (AvgIpc) is 3.03. The number of amides is 2. The highest BCUT2D eigenvalue weighted by Gasteiger charge is 2.20. The number of carbonyl (C=O) groups excluding carboxylic acids is 2. The molecule has 5 N–H and O–H groups in total. The number of ether oxygens (including phenoxy) is 2. The maximum Gasteiger partial charge on any atom is 0.359 e. The van der Waals surface area contributed by atoms with Crippen LogP contribution >= 0.6 is 0 Å². The summed E-state index contributed by atoms with van der Waals surface area (Å²) in [5.74, 6) is -0.592. The fourth-order valence-corrected chi connectivity index (χ4v) is 4.28. The lowest BCUT2D eigenvalue weighted by Crippen LogP contribution is -2.36. The van der Waals surface area contributed by atoms with Crippen molar-refractivity contribution >= 4 is 23.4 Å². The van der Waals surface area contributed by atoms with Crippen LogP contribution in [0.5, 0.6) is 5.75 Å². The van der Waals surface area contributed by atoms with E-state index in [2.05, 4.69) is 10.6 Å². The maximum atomic E-state index is 12.7. The molecule has 0 bridgehead atoms. The first kappa shape index (κ1) is 34.5. The Morgan fingerprint density at radius 2 is 1.61 bits per heavy atom. The molecule has 0 aliphatic heterocycles. The first-order valence-electron chi connectivity index (χ1n) is 14.8. The van der Waals surface area contributed by atoms with Crippen molar-refractivity contribution in [1.82, 2.24) is 5.32 Å². The molecule has 0 saturated heterocycles. The highest BCUT2D eigenvalue weighted by Crippen LogP contribution is 2.22. The summed E-state index contributed by atoms with van der Waals surface area (Å²) < 4.78 is 11.4. The number of hydroxylamine groups is 1. The molecule has 0 unspecified atom stereocenters. The summed E-state index contributed by atoms with van der Waals surface area (Å²) in [6.07, 6.45) is 3.34. The van der Waals surface area contributed by atoms with Crippen molar-refractivity contribution in [2.45, 2.75) is 51.9 Å². The molecule has 0 heterocycles. The summed E-state index contributed by atoms with van der Waals surface area (Å²) in [6, 6.07) is 20.0. The number of carbonyl (C=O) groups is 2. The Bertz CT molecular complexity index is 1270. The van der Waals surface area contributed by atoms with Gasteiger partial charge in [0.25, 0.3) is 0 Å². The summed E-state index contributed by atoms with van der Waals surface area (Å²) in [6.45, 7) is 4.14. The van der Waals surface area contributed by atoms with E-state index in [1.54, 1.807) is 60.7 Å². The number of phenols is 1. The Kier molecular flexibility index (Phi) is 15.1. The number of rotatable bonds is 18. The zero-order valence-corrected chi connectivity index (χ0v) is 25.1. The molecule has 0 saturated carbocycles. The van der Waals surface area contributed by atoms with Crippen LogP contribution in [0.1, 0.15) is 55.4 Å². The number of anilines is 2. The summed E-state index contributed by atoms with van der Waals surface area (Å²) in [4.78, 5) is 29.4. The Balaban J connectivity index is 1.22. The number of aliphatic hydroxyl groups is 2. The van der Waals surface area contributed by atoms with Crippen LogP contribution in [0.4, 0.5) is 16.2 Å². The van der Waals surface area contributed by atoms with E-state index in [-0.39, 0.29) is 12.4 Å². The monoisotopic (exact) mass is 609 g/mol. The second-order valence-corrected chi connectivity index (χ2v) is 10.2. The number of aromatic hydroxyl groups is 1. The number of nitrogens with zero attached hydrogens (tertiary/aromatic N) is 1. The van der Waals surface area contributed by atoms with Gasteiger partial charge >= 0.3 is 12.0 Å². The van der Waals surface area contributed by atoms with Crippen molar-refractivity contribution in [3.8, 4) is 5.75 Å². The molecule has 238 valence electrons. The van der Waals surface area contributed by atoms with Gasteiger partial charge in [-0.2, -0.15) is 0 Å². The minimum Gasteiger partial charge on any atom is -0.508 e.